The molecular weight excluding hydrogens is 320 g/mol. The van der Waals surface area contributed by atoms with Crippen molar-refractivity contribution in [2.24, 2.45) is 0 Å². The fourth-order valence-corrected chi connectivity index (χ4v) is 3.16. The predicted octanol–water partition coefficient (Wildman–Crippen LogP) is 5.36. The minimum absolute atomic E-state index is 0.163. The summed E-state index contributed by atoms with van der Waals surface area (Å²) in [5.74, 6) is 0.846. The normalized spacial score (nSPS) is 12.2. The average Bonchev–Trinajstić information content (AvgIpc) is 3.14. The van der Waals surface area contributed by atoms with Gasteiger partial charge in [-0.2, -0.15) is 0 Å². The summed E-state index contributed by atoms with van der Waals surface area (Å²) in [7, 11) is 0. The molecule has 130 valence electrons. The van der Waals surface area contributed by atoms with Crippen LogP contribution in [0.4, 0.5) is 5.82 Å². The van der Waals surface area contributed by atoms with Crippen LogP contribution >= 0.6 is 0 Å². The number of hydrogen-bond donors (Lipinski definition) is 2. The van der Waals surface area contributed by atoms with Gasteiger partial charge in [0.1, 0.15) is 17.8 Å². The first-order chi connectivity index (χ1) is 12.7. The van der Waals surface area contributed by atoms with Crippen LogP contribution in [0.3, 0.4) is 0 Å². The second kappa shape index (κ2) is 7.00. The topological polar surface area (TPSA) is 53.6 Å². The Bertz CT molecular complexity index is 1000. The van der Waals surface area contributed by atoms with E-state index in [0.29, 0.717) is 0 Å². The molecule has 4 heteroatoms. The molecule has 26 heavy (non-hydrogen) atoms. The van der Waals surface area contributed by atoms with Crippen LogP contribution in [-0.4, -0.2) is 15.0 Å². The van der Waals surface area contributed by atoms with Crippen molar-refractivity contribution in [2.75, 3.05) is 5.32 Å². The number of fused-ring (bicyclic) bond motifs is 1. The van der Waals surface area contributed by atoms with Gasteiger partial charge in [-0.05, 0) is 36.1 Å². The number of H-pyrrole nitrogens is 1. The van der Waals surface area contributed by atoms with Crippen molar-refractivity contribution in [1.29, 1.82) is 0 Å². The van der Waals surface area contributed by atoms with Crippen molar-refractivity contribution in [1.82, 2.24) is 15.0 Å². The maximum atomic E-state index is 4.46. The minimum Gasteiger partial charge on any atom is -0.363 e. The number of aromatic amines is 1. The molecule has 0 amide bonds. The molecule has 0 spiro atoms. The van der Waals surface area contributed by atoms with Gasteiger partial charge in [0.25, 0.3) is 0 Å². The molecule has 0 aliphatic carbocycles. The first-order valence-electron chi connectivity index (χ1n) is 8.99. The predicted molar refractivity (Wildman–Crippen MR) is 107 cm³/mol. The first kappa shape index (κ1) is 16.3. The zero-order valence-corrected chi connectivity index (χ0v) is 15.0. The van der Waals surface area contributed by atoms with Crippen LogP contribution in [0.25, 0.3) is 22.3 Å². The van der Waals surface area contributed by atoms with Crippen LogP contribution in [0, 0.1) is 0 Å². The van der Waals surface area contributed by atoms with Gasteiger partial charge in [0, 0.05) is 11.7 Å². The summed E-state index contributed by atoms with van der Waals surface area (Å²) in [6.07, 6.45) is 2.65. The van der Waals surface area contributed by atoms with Crippen LogP contribution in [0.5, 0.6) is 0 Å². The van der Waals surface area contributed by atoms with Crippen LogP contribution in [0.15, 0.2) is 67.0 Å². The molecule has 0 unspecified atom stereocenters. The largest absolute Gasteiger partial charge is 0.363 e. The van der Waals surface area contributed by atoms with E-state index in [4.69, 9.17) is 0 Å². The molecule has 2 N–H and O–H groups in total. The van der Waals surface area contributed by atoms with Crippen molar-refractivity contribution in [3.05, 3.63) is 78.1 Å². The molecule has 0 aliphatic rings. The Labute approximate surface area is 153 Å². The van der Waals surface area contributed by atoms with E-state index in [1.54, 1.807) is 6.33 Å². The zero-order chi connectivity index (χ0) is 17.9. The summed E-state index contributed by atoms with van der Waals surface area (Å²) in [6, 6.07) is 21.3. The van der Waals surface area contributed by atoms with E-state index in [-0.39, 0.29) is 6.04 Å². The van der Waals surface area contributed by atoms with E-state index in [1.165, 1.54) is 11.1 Å². The van der Waals surface area contributed by atoms with Gasteiger partial charge >= 0.3 is 0 Å². The van der Waals surface area contributed by atoms with E-state index in [2.05, 4.69) is 88.7 Å². The number of nitrogens with one attached hydrogen (secondary N) is 2. The average molecular weight is 342 g/mol. The van der Waals surface area contributed by atoms with Gasteiger partial charge in [0.2, 0.25) is 0 Å². The highest BCUT2D eigenvalue weighted by Crippen LogP contribution is 2.29. The number of nitrogens with zero attached hydrogens (tertiary/aromatic N) is 2. The third-order valence-corrected chi connectivity index (χ3v) is 4.75. The minimum atomic E-state index is 0.163. The molecule has 2 aromatic carbocycles. The summed E-state index contributed by atoms with van der Waals surface area (Å²) in [6.45, 7) is 4.31. The Morgan fingerprint density at radius 1 is 1.00 bits per heavy atom. The molecule has 4 aromatic rings. The Balaban J connectivity index is 1.67. The quantitative estimate of drug-likeness (QED) is 0.513. The molecular formula is C22H22N4. The number of aryl methyl sites for hydroxylation is 1. The van der Waals surface area contributed by atoms with Gasteiger partial charge < -0.3 is 10.3 Å². The van der Waals surface area contributed by atoms with Crippen LogP contribution < -0.4 is 5.32 Å². The monoisotopic (exact) mass is 342 g/mol. The van der Waals surface area contributed by atoms with Crippen LogP contribution in [0.1, 0.15) is 31.0 Å². The summed E-state index contributed by atoms with van der Waals surface area (Å²) in [5.41, 5.74) is 5.62. The van der Waals surface area contributed by atoms with Gasteiger partial charge in [-0.1, -0.05) is 61.5 Å². The van der Waals surface area contributed by atoms with Crippen LogP contribution in [-0.2, 0) is 6.42 Å². The Kier molecular flexibility index (Phi) is 4.40. The molecule has 4 nitrogen and oxygen atoms in total. The summed E-state index contributed by atoms with van der Waals surface area (Å²) < 4.78 is 0. The lowest BCUT2D eigenvalue weighted by Gasteiger charge is -2.15. The molecule has 0 saturated carbocycles. The molecule has 0 aliphatic heterocycles. The second-order valence-electron chi connectivity index (χ2n) is 6.49. The molecule has 2 heterocycles. The van der Waals surface area contributed by atoms with E-state index in [0.717, 1.165) is 34.5 Å². The van der Waals surface area contributed by atoms with Crippen molar-refractivity contribution >= 4 is 16.9 Å². The van der Waals surface area contributed by atoms with E-state index in [9.17, 15) is 0 Å². The second-order valence-corrected chi connectivity index (χ2v) is 6.49. The smallest absolute Gasteiger partial charge is 0.143 e. The lowest BCUT2D eigenvalue weighted by atomic mass is 10.1. The SMILES string of the molecule is CCc1ccc(-c2cc3c(N[C@H](C)c4ccccc4)ncnc3[nH]2)cc1. The lowest BCUT2D eigenvalue weighted by Crippen LogP contribution is -2.08. The molecule has 0 fully saturated rings. The summed E-state index contributed by atoms with van der Waals surface area (Å²) in [4.78, 5) is 12.3. The van der Waals surface area contributed by atoms with Crippen LogP contribution in [0.2, 0.25) is 0 Å². The standard InChI is InChI=1S/C22H22N4/c1-3-16-9-11-18(12-10-16)20-13-19-21(23-14-24-22(19)26-20)25-15(2)17-7-5-4-6-8-17/h4-15H,3H2,1-2H3,(H2,23,24,25,26)/t15-/m1/s1. The fraction of sp³-hybridized carbons (Fsp3) is 0.182. The maximum absolute atomic E-state index is 4.46. The Morgan fingerprint density at radius 3 is 2.50 bits per heavy atom. The van der Waals surface area contributed by atoms with Gasteiger partial charge in [0.15, 0.2) is 0 Å². The Morgan fingerprint density at radius 2 is 1.77 bits per heavy atom. The van der Waals surface area contributed by atoms with Crippen molar-refractivity contribution < 1.29 is 0 Å². The number of anilines is 1. The molecule has 0 saturated heterocycles. The molecule has 4 rings (SSSR count). The first-order valence-corrected chi connectivity index (χ1v) is 8.99. The van der Waals surface area contributed by atoms with Gasteiger partial charge in [-0.3, -0.25) is 0 Å². The highest BCUT2D eigenvalue weighted by atomic mass is 15.1. The number of aromatic nitrogens is 3. The summed E-state index contributed by atoms with van der Waals surface area (Å²) >= 11 is 0. The fourth-order valence-electron chi connectivity index (χ4n) is 3.16. The number of benzene rings is 2. The van der Waals surface area contributed by atoms with Gasteiger partial charge in [-0.15, -0.1) is 0 Å². The van der Waals surface area contributed by atoms with E-state index < -0.39 is 0 Å². The Hall–Kier alpha value is -3.14. The highest BCUT2D eigenvalue weighted by molar-refractivity contribution is 5.91. The van der Waals surface area contributed by atoms with Gasteiger partial charge in [0.05, 0.1) is 5.39 Å². The zero-order valence-electron chi connectivity index (χ0n) is 15.0. The molecule has 0 bridgehead atoms. The van der Waals surface area contributed by atoms with Crippen molar-refractivity contribution in [3.63, 3.8) is 0 Å². The van der Waals surface area contributed by atoms with E-state index in [1.807, 2.05) is 6.07 Å². The lowest BCUT2D eigenvalue weighted by molar-refractivity contribution is 0.876. The molecule has 2 aromatic heterocycles. The molecule has 1 atom stereocenters. The number of hydrogen-bond acceptors (Lipinski definition) is 3. The summed E-state index contributed by atoms with van der Waals surface area (Å²) in [5, 5.41) is 4.52. The van der Waals surface area contributed by atoms with E-state index >= 15 is 0 Å². The maximum Gasteiger partial charge on any atom is 0.143 e. The highest BCUT2D eigenvalue weighted by Gasteiger charge is 2.12. The van der Waals surface area contributed by atoms with Crippen molar-refractivity contribution in [3.8, 4) is 11.3 Å². The number of rotatable bonds is 5. The molecule has 0 radical (unpaired) electrons. The van der Waals surface area contributed by atoms with Crippen molar-refractivity contribution in [2.45, 2.75) is 26.3 Å². The third kappa shape index (κ3) is 3.18. The third-order valence-electron chi connectivity index (χ3n) is 4.75. The van der Waals surface area contributed by atoms with Gasteiger partial charge in [-0.25, -0.2) is 9.97 Å².